The van der Waals surface area contributed by atoms with E-state index in [4.69, 9.17) is 16.3 Å². The summed E-state index contributed by atoms with van der Waals surface area (Å²) in [6.07, 6.45) is 0. The third kappa shape index (κ3) is 5.43. The smallest absolute Gasteiger partial charge is 0.264 e. The van der Waals surface area contributed by atoms with Gasteiger partial charge in [-0.05, 0) is 67.9 Å². The molecule has 0 saturated carbocycles. The Balaban J connectivity index is 1.98. The maximum absolute atomic E-state index is 13.5. The Kier molecular flexibility index (Phi) is 7.48. The minimum atomic E-state index is -4.04. The first kappa shape index (κ1) is 24.1. The Labute approximate surface area is 201 Å². The van der Waals surface area contributed by atoms with Crippen LogP contribution in [0.2, 0.25) is 5.02 Å². The van der Waals surface area contributed by atoms with Crippen molar-refractivity contribution in [3.05, 3.63) is 81.3 Å². The molecule has 0 spiro atoms. The molecule has 0 aliphatic heterocycles. The number of nitrogens with one attached hydrogen (secondary N) is 1. The molecule has 3 rings (SSSR count). The second kappa shape index (κ2) is 9.94. The number of halogens is 2. The van der Waals surface area contributed by atoms with E-state index in [1.54, 1.807) is 36.4 Å². The lowest BCUT2D eigenvalue weighted by atomic mass is 10.2. The number of amides is 1. The van der Waals surface area contributed by atoms with Crippen LogP contribution in [0, 0.1) is 13.8 Å². The number of benzene rings is 3. The zero-order valence-corrected chi connectivity index (χ0v) is 20.9. The van der Waals surface area contributed by atoms with Crippen molar-refractivity contribution >= 4 is 54.8 Å². The maximum atomic E-state index is 13.5. The average Bonchev–Trinajstić information content (AvgIpc) is 2.75. The van der Waals surface area contributed by atoms with Gasteiger partial charge < -0.3 is 10.1 Å². The summed E-state index contributed by atoms with van der Waals surface area (Å²) in [4.78, 5) is 12.9. The average molecular weight is 538 g/mol. The van der Waals surface area contributed by atoms with Crippen LogP contribution in [0.25, 0.3) is 0 Å². The highest BCUT2D eigenvalue weighted by Crippen LogP contribution is 2.32. The number of hydrogen-bond acceptors (Lipinski definition) is 4. The predicted molar refractivity (Wildman–Crippen MR) is 131 cm³/mol. The number of rotatable bonds is 7. The van der Waals surface area contributed by atoms with Crippen molar-refractivity contribution in [1.82, 2.24) is 0 Å². The number of carbonyl (C=O) groups excluding carboxylic acids is 1. The largest absolute Gasteiger partial charge is 0.495 e. The van der Waals surface area contributed by atoms with E-state index in [-0.39, 0.29) is 15.6 Å². The summed E-state index contributed by atoms with van der Waals surface area (Å²) in [5.74, 6) is -0.0905. The molecule has 1 amide bonds. The zero-order valence-electron chi connectivity index (χ0n) is 17.7. The van der Waals surface area contributed by atoms with E-state index >= 15 is 0 Å². The molecule has 9 heteroatoms. The number of hydrogen-bond donors (Lipinski definition) is 1. The third-order valence-corrected chi connectivity index (χ3v) is 7.73. The molecule has 0 heterocycles. The highest BCUT2D eigenvalue weighted by Gasteiger charge is 2.28. The Morgan fingerprint density at radius 1 is 1.06 bits per heavy atom. The van der Waals surface area contributed by atoms with Gasteiger partial charge in [-0.25, -0.2) is 8.42 Å². The Morgan fingerprint density at radius 2 is 1.75 bits per heavy atom. The van der Waals surface area contributed by atoms with Crippen LogP contribution in [0.5, 0.6) is 5.75 Å². The van der Waals surface area contributed by atoms with Gasteiger partial charge in [0.1, 0.15) is 12.3 Å². The van der Waals surface area contributed by atoms with Crippen LogP contribution >= 0.6 is 27.5 Å². The topological polar surface area (TPSA) is 75.7 Å². The lowest BCUT2D eigenvalue weighted by Crippen LogP contribution is -2.38. The normalized spacial score (nSPS) is 11.2. The van der Waals surface area contributed by atoms with Gasteiger partial charge in [0, 0.05) is 10.2 Å². The van der Waals surface area contributed by atoms with Gasteiger partial charge >= 0.3 is 0 Å². The molecule has 0 unspecified atom stereocenters. The fraction of sp³-hybridized carbons (Fsp3) is 0.174. The Hall–Kier alpha value is -2.55. The molecule has 0 atom stereocenters. The molecule has 3 aromatic carbocycles. The number of anilines is 2. The molecule has 168 valence electrons. The monoisotopic (exact) mass is 536 g/mol. The quantitative estimate of drug-likeness (QED) is 0.428. The summed E-state index contributed by atoms with van der Waals surface area (Å²) in [6.45, 7) is 3.33. The molecule has 0 radical (unpaired) electrons. The molecule has 0 saturated heterocycles. The SMILES string of the molecule is COc1ccc(N(CC(=O)Nc2ccc(Br)c(C)c2)S(=O)(=O)c2ccc(C)cc2)cc1Cl. The first-order valence-electron chi connectivity index (χ1n) is 9.61. The van der Waals surface area contributed by atoms with E-state index < -0.39 is 22.5 Å². The lowest BCUT2D eigenvalue weighted by Gasteiger charge is -2.24. The molecule has 3 aromatic rings. The van der Waals surface area contributed by atoms with Crippen LogP contribution in [0.15, 0.2) is 70.0 Å². The summed E-state index contributed by atoms with van der Waals surface area (Å²) >= 11 is 9.66. The van der Waals surface area contributed by atoms with E-state index in [0.29, 0.717) is 11.4 Å². The molecule has 6 nitrogen and oxygen atoms in total. The van der Waals surface area contributed by atoms with Crippen molar-refractivity contribution < 1.29 is 17.9 Å². The summed E-state index contributed by atoms with van der Waals surface area (Å²) in [7, 11) is -2.58. The zero-order chi connectivity index (χ0) is 23.5. The van der Waals surface area contributed by atoms with Crippen LogP contribution < -0.4 is 14.4 Å². The molecule has 0 bridgehead atoms. The van der Waals surface area contributed by atoms with Gasteiger partial charge in [0.05, 0.1) is 22.7 Å². The van der Waals surface area contributed by atoms with Crippen molar-refractivity contribution in [2.24, 2.45) is 0 Å². The van der Waals surface area contributed by atoms with E-state index in [1.807, 2.05) is 19.9 Å². The van der Waals surface area contributed by atoms with Gasteiger partial charge in [-0.2, -0.15) is 0 Å². The van der Waals surface area contributed by atoms with Gasteiger partial charge in [0.2, 0.25) is 5.91 Å². The molecular weight excluding hydrogens is 516 g/mol. The molecular formula is C23H22BrClN2O4S. The Morgan fingerprint density at radius 3 is 2.34 bits per heavy atom. The van der Waals surface area contributed by atoms with Crippen LogP contribution in [-0.4, -0.2) is 28.0 Å². The second-order valence-electron chi connectivity index (χ2n) is 7.16. The van der Waals surface area contributed by atoms with Crippen LogP contribution in [0.1, 0.15) is 11.1 Å². The van der Waals surface area contributed by atoms with Gasteiger partial charge in [-0.15, -0.1) is 0 Å². The van der Waals surface area contributed by atoms with E-state index in [1.165, 1.54) is 25.3 Å². The molecule has 0 aromatic heterocycles. The van der Waals surface area contributed by atoms with Crippen molar-refractivity contribution in [1.29, 1.82) is 0 Å². The van der Waals surface area contributed by atoms with E-state index in [0.717, 1.165) is 19.9 Å². The maximum Gasteiger partial charge on any atom is 0.264 e. The van der Waals surface area contributed by atoms with Crippen LogP contribution in [0.3, 0.4) is 0 Å². The molecule has 0 aliphatic carbocycles. The minimum absolute atomic E-state index is 0.0716. The van der Waals surface area contributed by atoms with Gasteiger partial charge in [-0.3, -0.25) is 9.10 Å². The van der Waals surface area contributed by atoms with Gasteiger partial charge in [-0.1, -0.05) is 45.2 Å². The second-order valence-corrected chi connectivity index (χ2v) is 10.3. The standard InChI is InChI=1S/C23H22BrClN2O4S/c1-15-4-8-19(9-5-15)32(29,30)27(18-7-11-22(31-3)21(25)13-18)14-23(28)26-17-6-10-20(24)16(2)12-17/h4-13H,14H2,1-3H3,(H,26,28). The van der Waals surface area contributed by atoms with E-state index in [2.05, 4.69) is 21.2 Å². The molecule has 32 heavy (non-hydrogen) atoms. The fourth-order valence-electron chi connectivity index (χ4n) is 3.02. The number of nitrogens with zero attached hydrogens (tertiary/aromatic N) is 1. The number of sulfonamides is 1. The van der Waals surface area contributed by atoms with Crippen LogP contribution in [0.4, 0.5) is 11.4 Å². The lowest BCUT2D eigenvalue weighted by molar-refractivity contribution is -0.114. The van der Waals surface area contributed by atoms with Crippen molar-refractivity contribution in [2.45, 2.75) is 18.7 Å². The number of ether oxygens (including phenoxy) is 1. The minimum Gasteiger partial charge on any atom is -0.495 e. The number of aryl methyl sites for hydroxylation is 2. The first-order valence-corrected chi connectivity index (χ1v) is 12.2. The highest BCUT2D eigenvalue weighted by molar-refractivity contribution is 9.10. The van der Waals surface area contributed by atoms with Crippen molar-refractivity contribution in [3.8, 4) is 5.75 Å². The summed E-state index contributed by atoms with van der Waals surface area (Å²) < 4.78 is 34.0. The summed E-state index contributed by atoms with van der Waals surface area (Å²) in [5.41, 5.74) is 2.68. The molecule has 0 fully saturated rings. The number of carbonyl (C=O) groups is 1. The molecule has 1 N–H and O–H groups in total. The highest BCUT2D eigenvalue weighted by atomic mass is 79.9. The van der Waals surface area contributed by atoms with Gasteiger partial charge in [0.15, 0.2) is 0 Å². The Bertz CT molecular complexity index is 1250. The first-order chi connectivity index (χ1) is 15.1. The number of methoxy groups -OCH3 is 1. The van der Waals surface area contributed by atoms with Gasteiger partial charge in [0.25, 0.3) is 10.0 Å². The summed E-state index contributed by atoms with van der Waals surface area (Å²) in [6, 6.07) is 16.4. The molecule has 0 aliphatic rings. The van der Waals surface area contributed by atoms with E-state index in [9.17, 15) is 13.2 Å². The van der Waals surface area contributed by atoms with Crippen molar-refractivity contribution in [2.75, 3.05) is 23.3 Å². The fourth-order valence-corrected chi connectivity index (χ4v) is 4.93. The third-order valence-electron chi connectivity index (χ3n) is 4.76. The predicted octanol–water partition coefficient (Wildman–Crippen LogP) is 5.56. The van der Waals surface area contributed by atoms with Crippen LogP contribution in [-0.2, 0) is 14.8 Å². The summed E-state index contributed by atoms with van der Waals surface area (Å²) in [5, 5.41) is 2.99. The van der Waals surface area contributed by atoms with Crippen molar-refractivity contribution in [3.63, 3.8) is 0 Å².